The van der Waals surface area contributed by atoms with Gasteiger partial charge in [-0.2, -0.15) is 0 Å². The average Bonchev–Trinajstić information content (AvgIpc) is 3.17. The van der Waals surface area contributed by atoms with Gasteiger partial charge in [0.1, 0.15) is 5.82 Å². The minimum atomic E-state index is -0.538. The SMILES string of the molecule is CN(CCc1ccccc1F)C(=O)C1(CO)CC1. The maximum Gasteiger partial charge on any atom is 0.230 e. The minimum absolute atomic E-state index is 0.0265. The number of rotatable bonds is 5. The Labute approximate surface area is 106 Å². The van der Waals surface area contributed by atoms with Gasteiger partial charge in [0.05, 0.1) is 12.0 Å². The third-order valence-electron chi connectivity index (χ3n) is 3.63. The highest BCUT2D eigenvalue weighted by atomic mass is 19.1. The van der Waals surface area contributed by atoms with Crippen molar-refractivity contribution >= 4 is 5.91 Å². The molecule has 4 heteroatoms. The lowest BCUT2D eigenvalue weighted by atomic mass is 10.1. The van der Waals surface area contributed by atoms with Gasteiger partial charge in [0.25, 0.3) is 0 Å². The molecule has 3 nitrogen and oxygen atoms in total. The average molecular weight is 251 g/mol. The third kappa shape index (κ3) is 2.53. The summed E-state index contributed by atoms with van der Waals surface area (Å²) in [4.78, 5) is 13.6. The molecule has 0 spiro atoms. The molecule has 1 fully saturated rings. The predicted octanol–water partition coefficient (Wildman–Crippen LogP) is 1.60. The first kappa shape index (κ1) is 13.0. The van der Waals surface area contributed by atoms with Crippen molar-refractivity contribution in [2.45, 2.75) is 19.3 Å². The first-order valence-corrected chi connectivity index (χ1v) is 6.19. The molecule has 0 aliphatic heterocycles. The van der Waals surface area contributed by atoms with Gasteiger partial charge in [-0.15, -0.1) is 0 Å². The van der Waals surface area contributed by atoms with Gasteiger partial charge in [0.15, 0.2) is 0 Å². The molecule has 0 bridgehead atoms. The summed E-state index contributed by atoms with van der Waals surface area (Å²) >= 11 is 0. The van der Waals surface area contributed by atoms with E-state index in [1.165, 1.54) is 6.07 Å². The standard InChI is InChI=1S/C14H18FNO2/c1-16(13(18)14(10-17)7-8-14)9-6-11-4-2-3-5-12(11)15/h2-5,17H,6-10H2,1H3. The van der Waals surface area contributed by atoms with E-state index >= 15 is 0 Å². The van der Waals surface area contributed by atoms with E-state index in [1.807, 2.05) is 0 Å². The minimum Gasteiger partial charge on any atom is -0.395 e. The highest BCUT2D eigenvalue weighted by molar-refractivity contribution is 5.85. The van der Waals surface area contributed by atoms with E-state index in [2.05, 4.69) is 0 Å². The Morgan fingerprint density at radius 2 is 2.11 bits per heavy atom. The Hall–Kier alpha value is -1.42. The molecule has 1 N–H and O–H groups in total. The van der Waals surface area contributed by atoms with Crippen LogP contribution < -0.4 is 0 Å². The van der Waals surface area contributed by atoms with Gasteiger partial charge in [0.2, 0.25) is 5.91 Å². The summed E-state index contributed by atoms with van der Waals surface area (Å²) in [5.41, 5.74) is 0.0789. The van der Waals surface area contributed by atoms with Crippen molar-refractivity contribution in [1.29, 1.82) is 0 Å². The molecule has 1 amide bonds. The number of carbonyl (C=O) groups excluding carboxylic acids is 1. The summed E-state index contributed by atoms with van der Waals surface area (Å²) in [6.07, 6.45) is 2.01. The molecule has 1 aliphatic rings. The second-order valence-electron chi connectivity index (χ2n) is 5.01. The summed E-state index contributed by atoms with van der Waals surface area (Å²) in [6.45, 7) is 0.386. The zero-order valence-electron chi connectivity index (χ0n) is 10.5. The largest absolute Gasteiger partial charge is 0.395 e. The first-order valence-electron chi connectivity index (χ1n) is 6.19. The molecule has 0 aromatic heterocycles. The highest BCUT2D eigenvalue weighted by Crippen LogP contribution is 2.46. The molecule has 1 aromatic rings. The number of aliphatic hydroxyl groups excluding tert-OH is 1. The summed E-state index contributed by atoms with van der Waals surface area (Å²) in [6, 6.07) is 6.59. The fraction of sp³-hybridized carbons (Fsp3) is 0.500. The monoisotopic (exact) mass is 251 g/mol. The fourth-order valence-corrected chi connectivity index (χ4v) is 2.09. The van der Waals surface area contributed by atoms with E-state index in [-0.39, 0.29) is 18.3 Å². The first-order chi connectivity index (χ1) is 8.59. The molecule has 0 atom stereocenters. The molecule has 2 rings (SSSR count). The van der Waals surface area contributed by atoms with E-state index in [4.69, 9.17) is 0 Å². The number of hydrogen-bond acceptors (Lipinski definition) is 2. The maximum atomic E-state index is 13.4. The van der Waals surface area contributed by atoms with Crippen LogP contribution in [0, 0.1) is 11.2 Å². The lowest BCUT2D eigenvalue weighted by Crippen LogP contribution is -2.37. The molecule has 0 unspecified atom stereocenters. The van der Waals surface area contributed by atoms with Gasteiger partial charge < -0.3 is 10.0 Å². The van der Waals surface area contributed by atoms with E-state index in [1.54, 1.807) is 30.1 Å². The van der Waals surface area contributed by atoms with E-state index in [9.17, 15) is 14.3 Å². The van der Waals surface area contributed by atoms with Crippen molar-refractivity contribution in [3.05, 3.63) is 35.6 Å². The second kappa shape index (κ2) is 5.06. The predicted molar refractivity (Wildman–Crippen MR) is 66.5 cm³/mol. The molecule has 1 aromatic carbocycles. The van der Waals surface area contributed by atoms with Crippen LogP contribution in [0.15, 0.2) is 24.3 Å². The number of amides is 1. The number of aliphatic hydroxyl groups is 1. The van der Waals surface area contributed by atoms with E-state index in [0.29, 0.717) is 18.5 Å². The fourth-order valence-electron chi connectivity index (χ4n) is 2.09. The molecular weight excluding hydrogens is 233 g/mol. The van der Waals surface area contributed by atoms with Gasteiger partial charge in [-0.3, -0.25) is 4.79 Å². The second-order valence-corrected chi connectivity index (χ2v) is 5.01. The number of carbonyl (C=O) groups is 1. The van der Waals surface area contributed by atoms with Crippen LogP contribution in [0.2, 0.25) is 0 Å². The van der Waals surface area contributed by atoms with Crippen LogP contribution in [0.4, 0.5) is 4.39 Å². The smallest absolute Gasteiger partial charge is 0.230 e. The molecule has 98 valence electrons. The summed E-state index contributed by atoms with van der Waals surface area (Å²) in [5, 5.41) is 9.20. The Morgan fingerprint density at radius 1 is 1.44 bits per heavy atom. The van der Waals surface area contributed by atoms with Crippen LogP contribution >= 0.6 is 0 Å². The van der Waals surface area contributed by atoms with Gasteiger partial charge in [0, 0.05) is 13.6 Å². The van der Waals surface area contributed by atoms with Crippen LogP contribution in [0.3, 0.4) is 0 Å². The molecular formula is C14H18FNO2. The number of hydrogen-bond donors (Lipinski definition) is 1. The Kier molecular flexibility index (Phi) is 3.66. The van der Waals surface area contributed by atoms with Gasteiger partial charge in [-0.1, -0.05) is 18.2 Å². The summed E-state index contributed by atoms with van der Waals surface area (Å²) in [5.74, 6) is -0.261. The van der Waals surface area contributed by atoms with Crippen molar-refractivity contribution in [3.8, 4) is 0 Å². The zero-order valence-corrected chi connectivity index (χ0v) is 10.5. The lowest BCUT2D eigenvalue weighted by Gasteiger charge is -2.22. The van der Waals surface area contributed by atoms with Crippen molar-refractivity contribution in [1.82, 2.24) is 4.90 Å². The molecule has 18 heavy (non-hydrogen) atoms. The van der Waals surface area contributed by atoms with Crippen molar-refractivity contribution in [2.24, 2.45) is 5.41 Å². The van der Waals surface area contributed by atoms with Crippen molar-refractivity contribution < 1.29 is 14.3 Å². The third-order valence-corrected chi connectivity index (χ3v) is 3.63. The maximum absolute atomic E-state index is 13.4. The van der Waals surface area contributed by atoms with Crippen LogP contribution in [0.1, 0.15) is 18.4 Å². The number of nitrogens with zero attached hydrogens (tertiary/aromatic N) is 1. The summed E-state index contributed by atoms with van der Waals surface area (Å²) in [7, 11) is 1.71. The van der Waals surface area contributed by atoms with Crippen molar-refractivity contribution in [2.75, 3.05) is 20.2 Å². The van der Waals surface area contributed by atoms with E-state index < -0.39 is 5.41 Å². The molecule has 0 saturated heterocycles. The molecule has 1 aliphatic carbocycles. The zero-order chi connectivity index (χ0) is 13.2. The highest BCUT2D eigenvalue weighted by Gasteiger charge is 2.50. The topological polar surface area (TPSA) is 40.5 Å². The Morgan fingerprint density at radius 3 is 2.67 bits per heavy atom. The van der Waals surface area contributed by atoms with Crippen molar-refractivity contribution in [3.63, 3.8) is 0 Å². The van der Waals surface area contributed by atoms with Gasteiger partial charge in [-0.05, 0) is 30.9 Å². The van der Waals surface area contributed by atoms with Crippen LogP contribution in [-0.4, -0.2) is 36.1 Å². The number of benzene rings is 1. The summed E-state index contributed by atoms with van der Waals surface area (Å²) < 4.78 is 13.4. The number of halogens is 1. The Bertz CT molecular complexity index is 443. The quantitative estimate of drug-likeness (QED) is 0.863. The number of likely N-dealkylation sites (N-methyl/N-ethyl adjacent to an activating group) is 1. The van der Waals surface area contributed by atoms with Gasteiger partial charge >= 0.3 is 0 Å². The van der Waals surface area contributed by atoms with Crippen LogP contribution in [-0.2, 0) is 11.2 Å². The lowest BCUT2D eigenvalue weighted by molar-refractivity contribution is -0.137. The Balaban J connectivity index is 1.91. The van der Waals surface area contributed by atoms with Crippen LogP contribution in [0.25, 0.3) is 0 Å². The molecule has 0 radical (unpaired) electrons. The normalized spacial score (nSPS) is 16.4. The van der Waals surface area contributed by atoms with Gasteiger partial charge in [-0.25, -0.2) is 4.39 Å². The van der Waals surface area contributed by atoms with E-state index in [0.717, 1.165) is 12.8 Å². The molecule has 1 saturated carbocycles. The van der Waals surface area contributed by atoms with Crippen LogP contribution in [0.5, 0.6) is 0 Å². The molecule has 0 heterocycles.